The molecule has 0 unspecified atom stereocenters. The van der Waals surface area contributed by atoms with Gasteiger partial charge in [-0.2, -0.15) is 0 Å². The first-order valence-electron chi connectivity index (χ1n) is 4.92. The van der Waals surface area contributed by atoms with Crippen LogP contribution < -0.4 is 0 Å². The molecule has 2 aliphatic rings. The Kier molecular flexibility index (Phi) is 1.85. The van der Waals surface area contributed by atoms with Gasteiger partial charge in [0.05, 0.1) is 12.5 Å². The van der Waals surface area contributed by atoms with Crippen molar-refractivity contribution in [1.82, 2.24) is 0 Å². The van der Waals surface area contributed by atoms with Crippen LogP contribution in [0.1, 0.15) is 39.0 Å². The van der Waals surface area contributed by atoms with Gasteiger partial charge in [0.25, 0.3) is 0 Å². The summed E-state index contributed by atoms with van der Waals surface area (Å²) in [5.74, 6) is 0.278. The van der Waals surface area contributed by atoms with Crippen molar-refractivity contribution in [2.24, 2.45) is 11.3 Å². The standard InChI is InChI=1S/C10H16O2/c1-2-12-9(11)8-6-10(7-8)4-3-5-10/h8H,2-7H2,1H3. The SMILES string of the molecule is CCOC(=O)C1CC2(CCC2)C1. The third-order valence-electron chi connectivity index (χ3n) is 3.39. The van der Waals surface area contributed by atoms with E-state index >= 15 is 0 Å². The lowest BCUT2D eigenvalue weighted by atomic mass is 9.52. The number of hydrogen-bond donors (Lipinski definition) is 0. The highest BCUT2D eigenvalue weighted by Crippen LogP contribution is 2.58. The van der Waals surface area contributed by atoms with Crippen LogP contribution in [0.25, 0.3) is 0 Å². The predicted molar refractivity (Wildman–Crippen MR) is 45.6 cm³/mol. The fourth-order valence-electron chi connectivity index (χ4n) is 2.50. The minimum atomic E-state index is 0.0371. The Labute approximate surface area is 73.3 Å². The first-order valence-corrected chi connectivity index (χ1v) is 4.92. The molecule has 0 radical (unpaired) electrons. The van der Waals surface area contributed by atoms with Gasteiger partial charge >= 0.3 is 5.97 Å². The van der Waals surface area contributed by atoms with Crippen LogP contribution in [0.3, 0.4) is 0 Å². The molecular formula is C10H16O2. The maximum atomic E-state index is 11.2. The van der Waals surface area contributed by atoms with E-state index in [0.29, 0.717) is 12.0 Å². The first kappa shape index (κ1) is 8.09. The Balaban J connectivity index is 1.76. The lowest BCUT2D eigenvalue weighted by molar-refractivity contribution is -0.160. The van der Waals surface area contributed by atoms with E-state index < -0.39 is 0 Å². The Bertz CT molecular complexity index is 186. The number of hydrogen-bond acceptors (Lipinski definition) is 2. The van der Waals surface area contributed by atoms with E-state index in [1.807, 2.05) is 6.92 Å². The zero-order valence-electron chi connectivity index (χ0n) is 7.64. The Hall–Kier alpha value is -0.530. The fraction of sp³-hybridized carbons (Fsp3) is 0.900. The van der Waals surface area contributed by atoms with Gasteiger partial charge in [-0.15, -0.1) is 0 Å². The number of rotatable bonds is 2. The smallest absolute Gasteiger partial charge is 0.308 e. The summed E-state index contributed by atoms with van der Waals surface area (Å²) in [6, 6.07) is 0. The van der Waals surface area contributed by atoms with Crippen LogP contribution in [-0.4, -0.2) is 12.6 Å². The second kappa shape index (κ2) is 2.75. The molecule has 2 fully saturated rings. The maximum Gasteiger partial charge on any atom is 0.308 e. The molecule has 0 heterocycles. The van der Waals surface area contributed by atoms with E-state index in [4.69, 9.17) is 4.74 Å². The normalized spacial score (nSPS) is 26.1. The highest BCUT2D eigenvalue weighted by atomic mass is 16.5. The molecule has 0 N–H and O–H groups in total. The molecule has 2 saturated carbocycles. The average Bonchev–Trinajstić information content (AvgIpc) is 1.81. The van der Waals surface area contributed by atoms with Crippen LogP contribution in [0.2, 0.25) is 0 Å². The van der Waals surface area contributed by atoms with Gasteiger partial charge in [0.2, 0.25) is 0 Å². The quantitative estimate of drug-likeness (QED) is 0.590. The van der Waals surface area contributed by atoms with Crippen molar-refractivity contribution in [2.45, 2.75) is 39.0 Å². The number of ether oxygens (including phenoxy) is 1. The molecule has 0 amide bonds. The van der Waals surface area contributed by atoms with Gasteiger partial charge in [-0.05, 0) is 38.0 Å². The average molecular weight is 168 g/mol. The molecule has 2 rings (SSSR count). The van der Waals surface area contributed by atoms with Gasteiger partial charge < -0.3 is 4.74 Å². The largest absolute Gasteiger partial charge is 0.466 e. The van der Waals surface area contributed by atoms with Gasteiger partial charge in [0.15, 0.2) is 0 Å². The van der Waals surface area contributed by atoms with E-state index in [2.05, 4.69) is 0 Å². The van der Waals surface area contributed by atoms with E-state index in [1.165, 1.54) is 19.3 Å². The van der Waals surface area contributed by atoms with Gasteiger partial charge in [-0.25, -0.2) is 0 Å². The molecule has 2 heteroatoms. The van der Waals surface area contributed by atoms with Crippen LogP contribution in [0.5, 0.6) is 0 Å². The molecule has 0 aliphatic heterocycles. The van der Waals surface area contributed by atoms with E-state index in [0.717, 1.165) is 12.8 Å². The summed E-state index contributed by atoms with van der Waals surface area (Å²) in [7, 11) is 0. The minimum absolute atomic E-state index is 0.0371. The van der Waals surface area contributed by atoms with Crippen LogP contribution in [0, 0.1) is 11.3 Å². The number of carbonyl (C=O) groups excluding carboxylic acids is 1. The van der Waals surface area contributed by atoms with E-state index in [1.54, 1.807) is 0 Å². The lowest BCUT2D eigenvalue weighted by Gasteiger charge is -2.53. The lowest BCUT2D eigenvalue weighted by Crippen LogP contribution is -2.46. The summed E-state index contributed by atoms with van der Waals surface area (Å²) < 4.78 is 4.97. The Morgan fingerprint density at radius 1 is 1.50 bits per heavy atom. The van der Waals surface area contributed by atoms with E-state index in [-0.39, 0.29) is 11.9 Å². The van der Waals surface area contributed by atoms with E-state index in [9.17, 15) is 4.79 Å². The second-order valence-corrected chi connectivity index (χ2v) is 4.21. The predicted octanol–water partition coefficient (Wildman–Crippen LogP) is 2.13. The fourth-order valence-corrected chi connectivity index (χ4v) is 2.50. The molecule has 0 aromatic heterocycles. The van der Waals surface area contributed by atoms with Gasteiger partial charge in [0, 0.05) is 0 Å². The van der Waals surface area contributed by atoms with Crippen molar-refractivity contribution in [2.75, 3.05) is 6.61 Å². The van der Waals surface area contributed by atoms with Gasteiger partial charge in [-0.1, -0.05) is 6.42 Å². The highest BCUT2D eigenvalue weighted by molar-refractivity contribution is 5.73. The molecule has 1 spiro atoms. The minimum Gasteiger partial charge on any atom is -0.466 e. The molecule has 0 aromatic rings. The van der Waals surface area contributed by atoms with Crippen molar-refractivity contribution in [3.8, 4) is 0 Å². The van der Waals surface area contributed by atoms with Crippen molar-refractivity contribution < 1.29 is 9.53 Å². The summed E-state index contributed by atoms with van der Waals surface area (Å²) in [6.07, 6.45) is 6.28. The molecule has 68 valence electrons. The second-order valence-electron chi connectivity index (χ2n) is 4.21. The Morgan fingerprint density at radius 3 is 2.58 bits per heavy atom. The molecule has 0 bridgehead atoms. The topological polar surface area (TPSA) is 26.3 Å². The number of carbonyl (C=O) groups is 1. The highest BCUT2D eigenvalue weighted by Gasteiger charge is 2.51. The third-order valence-corrected chi connectivity index (χ3v) is 3.39. The molecule has 2 nitrogen and oxygen atoms in total. The third kappa shape index (κ3) is 1.13. The summed E-state index contributed by atoms with van der Waals surface area (Å²) in [5, 5.41) is 0. The van der Waals surface area contributed by atoms with Crippen molar-refractivity contribution in [3.63, 3.8) is 0 Å². The van der Waals surface area contributed by atoms with Crippen LogP contribution in [-0.2, 0) is 9.53 Å². The zero-order valence-corrected chi connectivity index (χ0v) is 7.64. The molecule has 12 heavy (non-hydrogen) atoms. The monoisotopic (exact) mass is 168 g/mol. The summed E-state index contributed by atoms with van der Waals surface area (Å²) in [6.45, 7) is 2.40. The Morgan fingerprint density at radius 2 is 2.17 bits per heavy atom. The van der Waals surface area contributed by atoms with Crippen molar-refractivity contribution >= 4 is 5.97 Å². The van der Waals surface area contributed by atoms with Crippen molar-refractivity contribution in [1.29, 1.82) is 0 Å². The van der Waals surface area contributed by atoms with Crippen LogP contribution in [0.4, 0.5) is 0 Å². The first-order chi connectivity index (χ1) is 5.76. The molecule has 0 aromatic carbocycles. The molecular weight excluding hydrogens is 152 g/mol. The molecule has 0 saturated heterocycles. The van der Waals surface area contributed by atoms with Gasteiger partial charge in [-0.3, -0.25) is 4.79 Å². The maximum absolute atomic E-state index is 11.2. The summed E-state index contributed by atoms with van der Waals surface area (Å²) in [4.78, 5) is 11.2. The molecule has 0 atom stereocenters. The van der Waals surface area contributed by atoms with Crippen molar-refractivity contribution in [3.05, 3.63) is 0 Å². The van der Waals surface area contributed by atoms with Crippen LogP contribution in [0.15, 0.2) is 0 Å². The molecule has 2 aliphatic carbocycles. The summed E-state index contributed by atoms with van der Waals surface area (Å²) >= 11 is 0. The number of esters is 1. The zero-order chi connectivity index (χ0) is 8.60. The summed E-state index contributed by atoms with van der Waals surface area (Å²) in [5.41, 5.74) is 0.595. The van der Waals surface area contributed by atoms with Gasteiger partial charge in [0.1, 0.15) is 0 Å². The van der Waals surface area contributed by atoms with Crippen LogP contribution >= 0.6 is 0 Å².